The number of carbonyl (C=O) groups is 4. The largest absolute Gasteiger partial charge is 0.481 e. The molecule has 0 aromatic heterocycles. The van der Waals surface area contributed by atoms with Crippen LogP contribution in [0.5, 0.6) is 0 Å². The number of carboxylic acids is 3. The summed E-state index contributed by atoms with van der Waals surface area (Å²) in [4.78, 5) is 43.7. The van der Waals surface area contributed by atoms with Crippen LogP contribution in [0.4, 0.5) is 0 Å². The Morgan fingerprint density at radius 3 is 1.79 bits per heavy atom. The number of hydrogen-bond donors (Lipinski definition) is 3. The molecule has 8 heteroatoms. The zero-order valence-corrected chi connectivity index (χ0v) is 19.2. The molecular formula is C26H32O8. The summed E-state index contributed by atoms with van der Waals surface area (Å²) in [7, 11) is 0. The van der Waals surface area contributed by atoms with Crippen LogP contribution in [0, 0.1) is 5.92 Å². The number of fused-ring (bicyclic) bond motifs is 1. The maximum absolute atomic E-state index is 11.4. The van der Waals surface area contributed by atoms with E-state index in [0.29, 0.717) is 32.2 Å². The van der Waals surface area contributed by atoms with Crippen molar-refractivity contribution in [2.75, 3.05) is 0 Å². The van der Waals surface area contributed by atoms with E-state index in [4.69, 9.17) is 14.9 Å². The Hall–Kier alpha value is -3.42. The summed E-state index contributed by atoms with van der Waals surface area (Å²) in [5.74, 6) is -3.53. The predicted octanol–water partition coefficient (Wildman–Crippen LogP) is 4.46. The van der Waals surface area contributed by atoms with E-state index in [1.807, 2.05) is 24.3 Å². The standard InChI is InChI=1S/C26H32O8/c27-17-34-21(14-16-25(30)31)8-4-6-19-12-11-18(22-9-1-2-10-23(19)22)5-3-7-20(26(32)33)13-15-24(28)29/h1-2,9-12,17,20-21H,3-8,13-16H2,(H,28,29)(H,30,31)(H,32,33). The van der Waals surface area contributed by atoms with Crippen molar-refractivity contribution in [2.24, 2.45) is 5.92 Å². The minimum atomic E-state index is -0.987. The molecule has 0 aliphatic heterocycles. The fourth-order valence-electron chi connectivity index (χ4n) is 4.25. The fourth-order valence-corrected chi connectivity index (χ4v) is 4.25. The highest BCUT2D eigenvalue weighted by Crippen LogP contribution is 2.27. The van der Waals surface area contributed by atoms with Crippen LogP contribution in [-0.4, -0.2) is 45.8 Å². The minimum Gasteiger partial charge on any atom is -0.481 e. The summed E-state index contributed by atoms with van der Waals surface area (Å²) in [6.07, 6.45) is 3.65. The molecule has 0 aliphatic carbocycles. The van der Waals surface area contributed by atoms with Gasteiger partial charge >= 0.3 is 17.9 Å². The molecule has 34 heavy (non-hydrogen) atoms. The highest BCUT2D eigenvalue weighted by atomic mass is 16.5. The van der Waals surface area contributed by atoms with Crippen molar-refractivity contribution in [3.63, 3.8) is 0 Å². The van der Waals surface area contributed by atoms with E-state index in [9.17, 15) is 24.3 Å². The van der Waals surface area contributed by atoms with E-state index in [1.165, 1.54) is 0 Å². The maximum atomic E-state index is 11.4. The van der Waals surface area contributed by atoms with Crippen molar-refractivity contribution in [3.8, 4) is 0 Å². The normalized spacial score (nSPS) is 12.7. The van der Waals surface area contributed by atoms with E-state index in [0.717, 1.165) is 34.7 Å². The number of rotatable bonds is 17. The van der Waals surface area contributed by atoms with Crippen molar-refractivity contribution < 1.29 is 39.2 Å². The molecule has 3 N–H and O–H groups in total. The summed E-state index contributed by atoms with van der Waals surface area (Å²) in [5, 5.41) is 29.2. The van der Waals surface area contributed by atoms with Crippen molar-refractivity contribution in [3.05, 3.63) is 47.5 Å². The highest BCUT2D eigenvalue weighted by Gasteiger charge is 2.18. The lowest BCUT2D eigenvalue weighted by atomic mass is 9.91. The second-order valence-electron chi connectivity index (χ2n) is 8.47. The molecule has 0 saturated carbocycles. The summed E-state index contributed by atoms with van der Waals surface area (Å²) in [5.41, 5.74) is 2.26. The van der Waals surface area contributed by atoms with Crippen molar-refractivity contribution >= 4 is 35.2 Å². The molecule has 0 amide bonds. The smallest absolute Gasteiger partial charge is 0.306 e. The van der Waals surface area contributed by atoms with Gasteiger partial charge in [0.2, 0.25) is 0 Å². The molecule has 2 atom stereocenters. The van der Waals surface area contributed by atoms with Gasteiger partial charge in [0.05, 0.1) is 5.92 Å². The Bertz CT molecular complexity index is 984. The van der Waals surface area contributed by atoms with Gasteiger partial charge in [0.1, 0.15) is 6.10 Å². The van der Waals surface area contributed by atoms with Crippen molar-refractivity contribution in [1.29, 1.82) is 0 Å². The third kappa shape index (κ3) is 8.84. The Labute approximate surface area is 198 Å². The van der Waals surface area contributed by atoms with Crippen LogP contribution in [0.2, 0.25) is 0 Å². The molecule has 2 unspecified atom stereocenters. The van der Waals surface area contributed by atoms with Crippen LogP contribution < -0.4 is 0 Å². The molecule has 0 saturated heterocycles. The van der Waals surface area contributed by atoms with E-state index in [-0.39, 0.29) is 25.7 Å². The second-order valence-corrected chi connectivity index (χ2v) is 8.47. The molecule has 0 heterocycles. The quantitative estimate of drug-likeness (QED) is 0.287. The van der Waals surface area contributed by atoms with E-state index in [2.05, 4.69) is 12.1 Å². The molecule has 8 nitrogen and oxygen atoms in total. The van der Waals surface area contributed by atoms with Gasteiger partial charge in [0, 0.05) is 12.8 Å². The highest BCUT2D eigenvalue weighted by molar-refractivity contribution is 5.88. The van der Waals surface area contributed by atoms with Crippen LogP contribution in [0.1, 0.15) is 62.5 Å². The number of aryl methyl sites for hydroxylation is 2. The number of aliphatic carboxylic acids is 3. The van der Waals surface area contributed by atoms with Gasteiger partial charge in [-0.25, -0.2) is 0 Å². The Morgan fingerprint density at radius 2 is 1.29 bits per heavy atom. The maximum Gasteiger partial charge on any atom is 0.306 e. The third-order valence-corrected chi connectivity index (χ3v) is 6.06. The van der Waals surface area contributed by atoms with E-state index in [1.54, 1.807) is 0 Å². The molecule has 0 bridgehead atoms. The van der Waals surface area contributed by atoms with Crippen LogP contribution in [0.3, 0.4) is 0 Å². The van der Waals surface area contributed by atoms with Crippen molar-refractivity contribution in [2.45, 2.75) is 70.3 Å². The summed E-state index contributed by atoms with van der Waals surface area (Å²) < 4.78 is 5.03. The Balaban J connectivity index is 2.01. The van der Waals surface area contributed by atoms with Gasteiger partial charge in [-0.2, -0.15) is 0 Å². The summed E-state index contributed by atoms with van der Waals surface area (Å²) >= 11 is 0. The first-order chi connectivity index (χ1) is 16.3. The zero-order valence-electron chi connectivity index (χ0n) is 19.2. The fraction of sp³-hybridized carbons (Fsp3) is 0.462. The lowest BCUT2D eigenvalue weighted by Crippen LogP contribution is -2.15. The van der Waals surface area contributed by atoms with Crippen LogP contribution in [-0.2, 0) is 36.8 Å². The molecule has 2 rings (SSSR count). The van der Waals surface area contributed by atoms with Gasteiger partial charge in [-0.05, 0) is 73.3 Å². The van der Waals surface area contributed by atoms with Gasteiger partial charge < -0.3 is 20.1 Å². The lowest BCUT2D eigenvalue weighted by Gasteiger charge is -2.16. The third-order valence-electron chi connectivity index (χ3n) is 6.06. The monoisotopic (exact) mass is 472 g/mol. The molecule has 0 spiro atoms. The first-order valence-corrected chi connectivity index (χ1v) is 11.6. The topological polar surface area (TPSA) is 138 Å². The van der Waals surface area contributed by atoms with Crippen molar-refractivity contribution in [1.82, 2.24) is 0 Å². The van der Waals surface area contributed by atoms with Crippen LogP contribution in [0.25, 0.3) is 10.8 Å². The first kappa shape index (κ1) is 26.8. The van der Waals surface area contributed by atoms with Crippen LogP contribution >= 0.6 is 0 Å². The van der Waals surface area contributed by atoms with E-state index < -0.39 is 29.9 Å². The number of hydrogen-bond acceptors (Lipinski definition) is 5. The molecular weight excluding hydrogens is 440 g/mol. The molecule has 184 valence electrons. The van der Waals surface area contributed by atoms with Gasteiger partial charge in [-0.15, -0.1) is 0 Å². The predicted molar refractivity (Wildman–Crippen MR) is 126 cm³/mol. The summed E-state index contributed by atoms with van der Waals surface area (Å²) in [6.45, 7) is 0.368. The number of carboxylic acid groups (broad SMARTS) is 3. The van der Waals surface area contributed by atoms with E-state index >= 15 is 0 Å². The van der Waals surface area contributed by atoms with Gasteiger partial charge in [0.25, 0.3) is 6.47 Å². The van der Waals surface area contributed by atoms with Gasteiger partial charge in [0.15, 0.2) is 0 Å². The zero-order chi connectivity index (χ0) is 24.9. The average Bonchev–Trinajstić information content (AvgIpc) is 2.80. The summed E-state index contributed by atoms with van der Waals surface area (Å²) in [6, 6.07) is 12.1. The molecule has 2 aromatic carbocycles. The number of carbonyl (C=O) groups excluding carboxylic acids is 1. The van der Waals surface area contributed by atoms with Gasteiger partial charge in [-0.1, -0.05) is 36.4 Å². The van der Waals surface area contributed by atoms with Crippen LogP contribution in [0.15, 0.2) is 36.4 Å². The average molecular weight is 473 g/mol. The molecule has 0 aliphatic rings. The first-order valence-electron chi connectivity index (χ1n) is 11.6. The number of benzene rings is 2. The Morgan fingerprint density at radius 1 is 0.765 bits per heavy atom. The molecule has 0 fully saturated rings. The molecule has 2 aromatic rings. The minimum absolute atomic E-state index is 0.0465. The Kier molecular flexibility index (Phi) is 11.0. The second kappa shape index (κ2) is 14.0. The number of ether oxygens (including phenoxy) is 1. The van der Waals surface area contributed by atoms with Gasteiger partial charge in [-0.3, -0.25) is 19.2 Å². The lowest BCUT2D eigenvalue weighted by molar-refractivity contribution is -0.143. The molecule has 0 radical (unpaired) electrons. The SMILES string of the molecule is O=COC(CCCc1ccc(CCCC(CCC(=O)O)C(=O)O)c2ccccc12)CCC(=O)O.